The van der Waals surface area contributed by atoms with Crippen molar-refractivity contribution in [3.8, 4) is 0 Å². The summed E-state index contributed by atoms with van der Waals surface area (Å²) in [5.41, 5.74) is 0. The number of sulfone groups is 1. The summed E-state index contributed by atoms with van der Waals surface area (Å²) in [4.78, 5) is 8.20. The van der Waals surface area contributed by atoms with Gasteiger partial charge in [0.1, 0.15) is 10.7 Å². The number of imidazole rings is 1. The molecule has 0 saturated carbocycles. The second kappa shape index (κ2) is 5.18. The van der Waals surface area contributed by atoms with E-state index in [1.54, 1.807) is 30.9 Å². The fourth-order valence-electron chi connectivity index (χ4n) is 1.54. The largest absolute Gasteiger partial charge is 0.367 e. The molecule has 1 N–H and O–H groups in total. The van der Waals surface area contributed by atoms with Crippen LogP contribution in [0.15, 0.2) is 41.9 Å². The number of nitrogens with one attached hydrogen (secondary N) is 1. The van der Waals surface area contributed by atoms with Crippen molar-refractivity contribution in [2.24, 2.45) is 0 Å². The zero-order valence-corrected chi connectivity index (χ0v) is 10.8. The first-order valence-electron chi connectivity index (χ1n) is 5.42. The number of nitrogens with zero attached hydrogens (tertiary/aromatic N) is 3. The van der Waals surface area contributed by atoms with Gasteiger partial charge in [0.15, 0.2) is 9.84 Å². The van der Waals surface area contributed by atoms with Crippen LogP contribution in [-0.4, -0.2) is 35.8 Å². The molecule has 2 heterocycles. The van der Waals surface area contributed by atoms with Gasteiger partial charge in [-0.3, -0.25) is 0 Å². The lowest BCUT2D eigenvalue weighted by molar-refractivity contribution is 0.601. The van der Waals surface area contributed by atoms with Gasteiger partial charge in [0.05, 0.1) is 6.33 Å². The van der Waals surface area contributed by atoms with Gasteiger partial charge in [0, 0.05) is 37.9 Å². The lowest BCUT2D eigenvalue weighted by Crippen LogP contribution is -2.13. The van der Waals surface area contributed by atoms with Crippen LogP contribution >= 0.6 is 0 Å². The monoisotopic (exact) mass is 266 g/mol. The third-order valence-electron chi connectivity index (χ3n) is 2.39. The fraction of sp³-hybridized carbons (Fsp3) is 0.273. The highest BCUT2D eigenvalue weighted by Gasteiger charge is 2.13. The van der Waals surface area contributed by atoms with E-state index in [-0.39, 0.29) is 4.90 Å². The number of hydrogen-bond donors (Lipinski definition) is 1. The number of anilines is 1. The van der Waals surface area contributed by atoms with Crippen LogP contribution in [0.1, 0.15) is 0 Å². The molecule has 2 aromatic heterocycles. The predicted octanol–water partition coefficient (Wildman–Crippen LogP) is 0.794. The van der Waals surface area contributed by atoms with Gasteiger partial charge < -0.3 is 9.88 Å². The highest BCUT2D eigenvalue weighted by Crippen LogP contribution is 2.17. The molecule has 0 aliphatic rings. The Kier molecular flexibility index (Phi) is 3.61. The minimum atomic E-state index is -3.26. The third kappa shape index (κ3) is 3.07. The van der Waals surface area contributed by atoms with Crippen LogP contribution in [0.5, 0.6) is 0 Å². The maximum atomic E-state index is 11.6. The average Bonchev–Trinajstić information content (AvgIpc) is 2.81. The second-order valence-corrected chi connectivity index (χ2v) is 5.83. The lowest BCUT2D eigenvalue weighted by Gasteiger charge is -2.09. The summed E-state index contributed by atoms with van der Waals surface area (Å²) in [6.07, 6.45) is 7.98. The molecule has 0 saturated heterocycles. The Balaban J connectivity index is 2.06. The van der Waals surface area contributed by atoms with Crippen molar-refractivity contribution >= 4 is 15.7 Å². The van der Waals surface area contributed by atoms with Crippen molar-refractivity contribution in [2.45, 2.75) is 11.4 Å². The van der Waals surface area contributed by atoms with E-state index >= 15 is 0 Å². The van der Waals surface area contributed by atoms with Gasteiger partial charge in [-0.15, -0.1) is 0 Å². The summed E-state index contributed by atoms with van der Waals surface area (Å²) >= 11 is 0. The molecule has 18 heavy (non-hydrogen) atoms. The minimum Gasteiger partial charge on any atom is -0.367 e. The van der Waals surface area contributed by atoms with Crippen LogP contribution in [0, 0.1) is 0 Å². The second-order valence-electron chi connectivity index (χ2n) is 3.85. The number of rotatable bonds is 5. The zero-order valence-electron chi connectivity index (χ0n) is 9.94. The van der Waals surface area contributed by atoms with Crippen LogP contribution in [0.2, 0.25) is 0 Å². The molecule has 2 aromatic rings. The maximum Gasteiger partial charge on any atom is 0.179 e. The smallest absolute Gasteiger partial charge is 0.179 e. The molecule has 2 rings (SSSR count). The van der Waals surface area contributed by atoms with Crippen molar-refractivity contribution in [3.05, 3.63) is 37.1 Å². The predicted molar refractivity (Wildman–Crippen MR) is 68.1 cm³/mol. The quantitative estimate of drug-likeness (QED) is 0.866. The molecule has 7 heteroatoms. The summed E-state index contributed by atoms with van der Waals surface area (Å²) in [6, 6.07) is 3.15. The van der Waals surface area contributed by atoms with Gasteiger partial charge in [-0.1, -0.05) is 0 Å². The van der Waals surface area contributed by atoms with E-state index in [1.807, 2.05) is 10.8 Å². The molecular weight excluding hydrogens is 252 g/mol. The van der Waals surface area contributed by atoms with E-state index in [2.05, 4.69) is 15.3 Å². The topological polar surface area (TPSA) is 76.9 Å². The van der Waals surface area contributed by atoms with E-state index in [0.29, 0.717) is 18.9 Å². The average molecular weight is 266 g/mol. The van der Waals surface area contributed by atoms with Gasteiger partial charge in [-0.25, -0.2) is 18.4 Å². The Bertz CT molecular complexity index is 608. The first-order valence-corrected chi connectivity index (χ1v) is 7.31. The normalized spacial score (nSPS) is 11.4. The van der Waals surface area contributed by atoms with Crippen molar-refractivity contribution < 1.29 is 8.42 Å². The molecular formula is C11H14N4O2S. The summed E-state index contributed by atoms with van der Waals surface area (Å²) in [5.74, 6) is 0.389. The van der Waals surface area contributed by atoms with Crippen LogP contribution in [0.3, 0.4) is 0 Å². The Morgan fingerprint density at radius 2 is 2.22 bits per heavy atom. The van der Waals surface area contributed by atoms with Crippen LogP contribution in [0.25, 0.3) is 0 Å². The molecule has 0 atom stereocenters. The highest BCUT2D eigenvalue weighted by atomic mass is 32.2. The van der Waals surface area contributed by atoms with Crippen molar-refractivity contribution in [3.63, 3.8) is 0 Å². The van der Waals surface area contributed by atoms with Gasteiger partial charge in [-0.05, 0) is 12.1 Å². The molecule has 0 radical (unpaired) electrons. The molecule has 0 aliphatic heterocycles. The van der Waals surface area contributed by atoms with Crippen molar-refractivity contribution in [1.29, 1.82) is 0 Å². The Morgan fingerprint density at radius 3 is 2.89 bits per heavy atom. The molecule has 0 aromatic carbocycles. The summed E-state index contributed by atoms with van der Waals surface area (Å²) in [6.45, 7) is 1.27. The number of pyridine rings is 1. The lowest BCUT2D eigenvalue weighted by atomic mass is 10.4. The summed E-state index contributed by atoms with van der Waals surface area (Å²) in [5, 5.41) is 3.02. The molecule has 6 nitrogen and oxygen atoms in total. The number of aromatic nitrogens is 3. The summed E-state index contributed by atoms with van der Waals surface area (Å²) < 4.78 is 25.0. The standard InChI is InChI=1S/C11H14N4O2S/c1-18(16,17)10-3-2-4-13-11(10)14-6-8-15-7-5-12-9-15/h2-5,7,9H,6,8H2,1H3,(H,13,14). The maximum absolute atomic E-state index is 11.6. The van der Waals surface area contributed by atoms with Crippen LogP contribution in [-0.2, 0) is 16.4 Å². The molecule has 0 bridgehead atoms. The third-order valence-corrected chi connectivity index (χ3v) is 3.52. The van der Waals surface area contributed by atoms with Crippen LogP contribution < -0.4 is 5.32 Å². The van der Waals surface area contributed by atoms with E-state index in [0.717, 1.165) is 0 Å². The Morgan fingerprint density at radius 1 is 1.39 bits per heavy atom. The van der Waals surface area contributed by atoms with Gasteiger partial charge in [0.2, 0.25) is 0 Å². The molecule has 0 amide bonds. The molecule has 0 unspecified atom stereocenters. The summed E-state index contributed by atoms with van der Waals surface area (Å²) in [7, 11) is -3.26. The van der Waals surface area contributed by atoms with E-state index in [1.165, 1.54) is 6.26 Å². The van der Waals surface area contributed by atoms with Gasteiger partial charge in [0.25, 0.3) is 0 Å². The molecule has 0 fully saturated rings. The SMILES string of the molecule is CS(=O)(=O)c1cccnc1NCCn1ccnc1. The van der Waals surface area contributed by atoms with Gasteiger partial charge in [-0.2, -0.15) is 0 Å². The van der Waals surface area contributed by atoms with Crippen LogP contribution in [0.4, 0.5) is 5.82 Å². The first-order chi connectivity index (χ1) is 8.57. The number of hydrogen-bond acceptors (Lipinski definition) is 5. The van der Waals surface area contributed by atoms with Crippen molar-refractivity contribution in [1.82, 2.24) is 14.5 Å². The van der Waals surface area contributed by atoms with E-state index in [4.69, 9.17) is 0 Å². The highest BCUT2D eigenvalue weighted by molar-refractivity contribution is 7.90. The van der Waals surface area contributed by atoms with E-state index in [9.17, 15) is 8.42 Å². The van der Waals surface area contributed by atoms with Gasteiger partial charge >= 0.3 is 0 Å². The first kappa shape index (κ1) is 12.6. The Hall–Kier alpha value is -1.89. The molecule has 96 valence electrons. The molecule has 0 aliphatic carbocycles. The van der Waals surface area contributed by atoms with Crippen molar-refractivity contribution in [2.75, 3.05) is 18.1 Å². The Labute approximate surface area is 106 Å². The zero-order chi connectivity index (χ0) is 13.0. The van der Waals surface area contributed by atoms with E-state index < -0.39 is 9.84 Å². The molecule has 0 spiro atoms. The fourth-order valence-corrected chi connectivity index (χ4v) is 2.35. The minimum absolute atomic E-state index is 0.218.